The fourth-order valence-electron chi connectivity index (χ4n) is 1.12. The van der Waals surface area contributed by atoms with Crippen LogP contribution in [0.5, 0.6) is 0 Å². The number of rotatable bonds is 2. The number of esters is 1. The smallest absolute Gasteiger partial charge is 0.366 e. The van der Waals surface area contributed by atoms with Crippen LogP contribution in [0.1, 0.15) is 37.0 Å². The maximum atomic E-state index is 11.6. The molecule has 0 amide bonds. The number of H-pyrrole nitrogens is 1. The minimum absolute atomic E-state index is 0.228. The summed E-state index contributed by atoms with van der Waals surface area (Å²) in [5, 5.41) is 16.7. The van der Waals surface area contributed by atoms with E-state index in [1.165, 1.54) is 6.92 Å². The molecule has 7 heteroatoms. The van der Waals surface area contributed by atoms with E-state index in [0.29, 0.717) is 0 Å². The lowest BCUT2D eigenvalue weighted by atomic mass is 10.2. The summed E-state index contributed by atoms with van der Waals surface area (Å²) in [5.74, 6) is -0.802. The molecular weight excluding hydrogens is 214 g/mol. The Morgan fingerprint density at radius 2 is 2.06 bits per heavy atom. The molecule has 0 aliphatic carbocycles. The molecule has 0 unspecified atom stereocenters. The second-order valence-electron chi connectivity index (χ2n) is 4.30. The van der Waals surface area contributed by atoms with Crippen LogP contribution in [-0.4, -0.2) is 26.7 Å². The molecule has 0 saturated heterocycles. The molecule has 0 atom stereocenters. The van der Waals surface area contributed by atoms with Gasteiger partial charge in [-0.05, 0) is 27.7 Å². The zero-order valence-corrected chi connectivity index (χ0v) is 9.53. The SMILES string of the molecule is Cc1[nH]nc(C(=O)OC(C)(C)C)c1[N+](=O)[O-]. The van der Waals surface area contributed by atoms with Gasteiger partial charge in [-0.2, -0.15) is 5.10 Å². The molecule has 0 fully saturated rings. The molecule has 1 N–H and O–H groups in total. The number of aromatic nitrogens is 2. The Morgan fingerprint density at radius 3 is 2.50 bits per heavy atom. The van der Waals surface area contributed by atoms with E-state index in [9.17, 15) is 14.9 Å². The summed E-state index contributed by atoms with van der Waals surface area (Å²) in [7, 11) is 0. The van der Waals surface area contributed by atoms with Crippen LogP contribution in [-0.2, 0) is 4.74 Å². The lowest BCUT2D eigenvalue weighted by Gasteiger charge is -2.18. The van der Waals surface area contributed by atoms with Gasteiger partial charge in [0, 0.05) is 0 Å². The van der Waals surface area contributed by atoms with E-state index in [2.05, 4.69) is 10.2 Å². The maximum Gasteiger partial charge on any atom is 0.366 e. The number of carbonyl (C=O) groups excluding carboxylic acids is 1. The van der Waals surface area contributed by atoms with Crippen molar-refractivity contribution in [3.63, 3.8) is 0 Å². The first-order valence-corrected chi connectivity index (χ1v) is 4.65. The number of hydrogen-bond acceptors (Lipinski definition) is 5. The van der Waals surface area contributed by atoms with Crippen molar-refractivity contribution in [1.82, 2.24) is 10.2 Å². The van der Waals surface area contributed by atoms with Crippen molar-refractivity contribution in [3.8, 4) is 0 Å². The third-order valence-corrected chi connectivity index (χ3v) is 1.69. The van der Waals surface area contributed by atoms with Gasteiger partial charge in [0.25, 0.3) is 0 Å². The number of nitrogens with zero attached hydrogens (tertiary/aromatic N) is 2. The molecule has 1 aromatic heterocycles. The Labute approximate surface area is 91.9 Å². The molecule has 0 bridgehead atoms. The Balaban J connectivity index is 3.05. The summed E-state index contributed by atoms with van der Waals surface area (Å²) < 4.78 is 5.00. The van der Waals surface area contributed by atoms with E-state index in [4.69, 9.17) is 4.74 Å². The van der Waals surface area contributed by atoms with Gasteiger partial charge in [0.05, 0.1) is 4.92 Å². The number of aromatic amines is 1. The molecule has 0 aromatic carbocycles. The Kier molecular flexibility index (Phi) is 2.97. The molecule has 0 aliphatic rings. The van der Waals surface area contributed by atoms with Crippen molar-refractivity contribution in [2.24, 2.45) is 0 Å². The van der Waals surface area contributed by atoms with Crippen molar-refractivity contribution in [3.05, 3.63) is 21.5 Å². The van der Waals surface area contributed by atoms with E-state index in [0.717, 1.165) is 0 Å². The molecule has 0 saturated carbocycles. The van der Waals surface area contributed by atoms with Crippen LogP contribution >= 0.6 is 0 Å². The molecule has 0 radical (unpaired) electrons. The molecule has 0 aliphatic heterocycles. The van der Waals surface area contributed by atoms with Gasteiger partial charge in [-0.15, -0.1) is 0 Å². The number of aryl methyl sites for hydroxylation is 1. The largest absolute Gasteiger partial charge is 0.455 e. The third-order valence-electron chi connectivity index (χ3n) is 1.69. The quantitative estimate of drug-likeness (QED) is 0.470. The maximum absolute atomic E-state index is 11.6. The molecule has 7 nitrogen and oxygen atoms in total. The van der Waals surface area contributed by atoms with Gasteiger partial charge in [0.15, 0.2) is 0 Å². The van der Waals surface area contributed by atoms with Crippen LogP contribution in [0.2, 0.25) is 0 Å². The van der Waals surface area contributed by atoms with Gasteiger partial charge >= 0.3 is 11.7 Å². The fourth-order valence-corrected chi connectivity index (χ4v) is 1.12. The minimum Gasteiger partial charge on any atom is -0.455 e. The van der Waals surface area contributed by atoms with Crippen molar-refractivity contribution in [2.75, 3.05) is 0 Å². The summed E-state index contributed by atoms with van der Waals surface area (Å²) in [5.41, 5.74) is -1.12. The Bertz CT molecular complexity index is 430. The number of nitro groups is 1. The fraction of sp³-hybridized carbons (Fsp3) is 0.556. The first-order chi connectivity index (χ1) is 7.22. The average Bonchev–Trinajstić information content (AvgIpc) is 2.43. The highest BCUT2D eigenvalue weighted by Gasteiger charge is 2.30. The van der Waals surface area contributed by atoms with E-state index < -0.39 is 16.5 Å². The molecule has 1 aromatic rings. The van der Waals surface area contributed by atoms with E-state index in [1.54, 1.807) is 20.8 Å². The summed E-state index contributed by atoms with van der Waals surface area (Å²) in [6, 6.07) is 0. The van der Waals surface area contributed by atoms with Crippen LogP contribution in [0.15, 0.2) is 0 Å². The molecule has 0 spiro atoms. The first kappa shape index (κ1) is 12.2. The summed E-state index contributed by atoms with van der Waals surface area (Å²) >= 11 is 0. The zero-order chi connectivity index (χ0) is 12.5. The number of hydrogen-bond donors (Lipinski definition) is 1. The van der Waals surface area contributed by atoms with Crippen LogP contribution < -0.4 is 0 Å². The van der Waals surface area contributed by atoms with Gasteiger partial charge < -0.3 is 4.74 Å². The van der Waals surface area contributed by atoms with Crippen molar-refractivity contribution in [2.45, 2.75) is 33.3 Å². The number of nitrogens with one attached hydrogen (secondary N) is 1. The normalized spacial score (nSPS) is 11.2. The van der Waals surface area contributed by atoms with E-state index in [1.807, 2.05) is 0 Å². The van der Waals surface area contributed by atoms with Crippen LogP contribution in [0.25, 0.3) is 0 Å². The van der Waals surface area contributed by atoms with Crippen LogP contribution in [0.4, 0.5) is 5.69 Å². The molecule has 88 valence electrons. The summed E-state index contributed by atoms with van der Waals surface area (Å²) in [6.07, 6.45) is 0. The standard InChI is InChI=1S/C9H13N3O4/c1-5-7(12(14)15)6(11-10-5)8(13)16-9(2,3)4/h1-4H3,(H,10,11). The zero-order valence-electron chi connectivity index (χ0n) is 9.53. The summed E-state index contributed by atoms with van der Waals surface area (Å²) in [6.45, 7) is 6.50. The molecule has 1 heterocycles. The number of carbonyl (C=O) groups is 1. The van der Waals surface area contributed by atoms with Crippen molar-refractivity contribution < 1.29 is 14.5 Å². The third kappa shape index (κ3) is 2.56. The van der Waals surface area contributed by atoms with Gasteiger partial charge in [-0.3, -0.25) is 15.2 Å². The monoisotopic (exact) mass is 227 g/mol. The molecule has 16 heavy (non-hydrogen) atoms. The van der Waals surface area contributed by atoms with Gasteiger partial charge in [-0.1, -0.05) is 0 Å². The summed E-state index contributed by atoms with van der Waals surface area (Å²) in [4.78, 5) is 21.6. The second-order valence-corrected chi connectivity index (χ2v) is 4.30. The highest BCUT2D eigenvalue weighted by atomic mass is 16.6. The lowest BCUT2D eigenvalue weighted by molar-refractivity contribution is -0.385. The Hall–Kier alpha value is -1.92. The molecular formula is C9H13N3O4. The Morgan fingerprint density at radius 1 is 1.50 bits per heavy atom. The highest BCUT2D eigenvalue weighted by Crippen LogP contribution is 2.22. The topological polar surface area (TPSA) is 98.1 Å². The minimum atomic E-state index is -0.802. The van der Waals surface area contributed by atoms with E-state index in [-0.39, 0.29) is 17.1 Å². The number of ether oxygens (including phenoxy) is 1. The second kappa shape index (κ2) is 3.92. The van der Waals surface area contributed by atoms with Crippen LogP contribution in [0.3, 0.4) is 0 Å². The highest BCUT2D eigenvalue weighted by molar-refractivity contribution is 5.92. The first-order valence-electron chi connectivity index (χ1n) is 4.65. The predicted molar refractivity (Wildman–Crippen MR) is 55.1 cm³/mol. The lowest BCUT2D eigenvalue weighted by Crippen LogP contribution is -2.24. The van der Waals surface area contributed by atoms with Gasteiger partial charge in [0.1, 0.15) is 11.3 Å². The predicted octanol–water partition coefficient (Wildman–Crippen LogP) is 1.58. The van der Waals surface area contributed by atoms with Gasteiger partial charge in [0.2, 0.25) is 5.69 Å². The average molecular weight is 227 g/mol. The molecule has 1 rings (SSSR count). The van der Waals surface area contributed by atoms with Crippen molar-refractivity contribution in [1.29, 1.82) is 0 Å². The van der Waals surface area contributed by atoms with Crippen LogP contribution in [0, 0.1) is 17.0 Å². The van der Waals surface area contributed by atoms with E-state index >= 15 is 0 Å². The van der Waals surface area contributed by atoms with Crippen molar-refractivity contribution >= 4 is 11.7 Å². The van der Waals surface area contributed by atoms with Gasteiger partial charge in [-0.25, -0.2) is 4.79 Å².